The van der Waals surface area contributed by atoms with Gasteiger partial charge in [0.05, 0.1) is 5.69 Å². The van der Waals surface area contributed by atoms with Crippen LogP contribution in [-0.2, 0) is 10.0 Å². The number of hydrogen-bond donors (Lipinski definition) is 2. The molecule has 0 aliphatic heterocycles. The van der Waals surface area contributed by atoms with Crippen molar-refractivity contribution >= 4 is 15.7 Å². The van der Waals surface area contributed by atoms with Crippen LogP contribution >= 0.6 is 0 Å². The molecule has 1 unspecified atom stereocenters. The summed E-state index contributed by atoms with van der Waals surface area (Å²) >= 11 is 0. The molecule has 2 rings (SSSR count). The third-order valence-electron chi connectivity index (χ3n) is 3.14. The second-order valence-electron chi connectivity index (χ2n) is 4.89. The Balaban J connectivity index is 2.31. The normalized spacial score (nSPS) is 13.3. The third-order valence-corrected chi connectivity index (χ3v) is 4.75. The van der Waals surface area contributed by atoms with Gasteiger partial charge in [-0.2, -0.15) is 0 Å². The molecular formula is C14H17FN2O3S. The van der Waals surface area contributed by atoms with Gasteiger partial charge in [0.25, 0.3) is 0 Å². The summed E-state index contributed by atoms with van der Waals surface area (Å²) in [6.45, 7) is 5.25. The van der Waals surface area contributed by atoms with Crippen LogP contribution in [0.4, 0.5) is 10.1 Å². The molecule has 1 atom stereocenters. The van der Waals surface area contributed by atoms with Gasteiger partial charge < -0.3 is 10.2 Å². The third kappa shape index (κ3) is 3.25. The number of halogens is 1. The number of aryl methyl sites for hydroxylation is 2. The Morgan fingerprint density at radius 2 is 1.95 bits per heavy atom. The SMILES string of the molecule is Cc1cc(C(C)NS(=O)(=O)c2ccc(F)cc2N)c(C)o1. The number of sulfonamides is 1. The van der Waals surface area contributed by atoms with Crippen LogP contribution in [0.2, 0.25) is 0 Å². The van der Waals surface area contributed by atoms with Crippen molar-refractivity contribution in [2.75, 3.05) is 5.73 Å². The van der Waals surface area contributed by atoms with Gasteiger partial charge in [-0.15, -0.1) is 0 Å². The van der Waals surface area contributed by atoms with E-state index in [0.717, 1.165) is 23.8 Å². The lowest BCUT2D eigenvalue weighted by atomic mass is 10.1. The van der Waals surface area contributed by atoms with Crippen molar-refractivity contribution in [3.8, 4) is 0 Å². The second-order valence-corrected chi connectivity index (χ2v) is 6.58. The van der Waals surface area contributed by atoms with Crippen molar-refractivity contribution in [3.05, 3.63) is 47.2 Å². The maximum absolute atomic E-state index is 13.0. The van der Waals surface area contributed by atoms with E-state index in [1.807, 2.05) is 0 Å². The van der Waals surface area contributed by atoms with E-state index in [-0.39, 0.29) is 10.6 Å². The molecule has 1 aromatic heterocycles. The quantitative estimate of drug-likeness (QED) is 0.850. The lowest BCUT2D eigenvalue weighted by molar-refractivity contribution is 0.496. The first-order chi connectivity index (χ1) is 9.70. The van der Waals surface area contributed by atoms with Crippen LogP contribution in [0.25, 0.3) is 0 Å². The van der Waals surface area contributed by atoms with Gasteiger partial charge in [0.1, 0.15) is 22.2 Å². The Morgan fingerprint density at radius 3 is 2.48 bits per heavy atom. The van der Waals surface area contributed by atoms with E-state index in [1.54, 1.807) is 26.8 Å². The summed E-state index contributed by atoms with van der Waals surface area (Å²) in [5.41, 5.74) is 6.20. The minimum Gasteiger partial charge on any atom is -0.466 e. The Kier molecular flexibility index (Phi) is 4.06. The Morgan fingerprint density at radius 1 is 1.29 bits per heavy atom. The highest BCUT2D eigenvalue weighted by atomic mass is 32.2. The lowest BCUT2D eigenvalue weighted by Crippen LogP contribution is -2.27. The number of benzene rings is 1. The molecule has 1 heterocycles. The van der Waals surface area contributed by atoms with Crippen molar-refractivity contribution in [3.63, 3.8) is 0 Å². The lowest BCUT2D eigenvalue weighted by Gasteiger charge is -2.14. The molecular weight excluding hydrogens is 295 g/mol. The molecule has 1 aromatic carbocycles. The van der Waals surface area contributed by atoms with E-state index < -0.39 is 21.9 Å². The van der Waals surface area contributed by atoms with Gasteiger partial charge in [0.2, 0.25) is 10.0 Å². The van der Waals surface area contributed by atoms with E-state index in [4.69, 9.17) is 10.2 Å². The molecule has 0 saturated heterocycles. The number of anilines is 1. The van der Waals surface area contributed by atoms with Crippen molar-refractivity contribution in [2.24, 2.45) is 0 Å². The van der Waals surface area contributed by atoms with Crippen molar-refractivity contribution in [1.82, 2.24) is 4.72 Å². The standard InChI is InChI=1S/C14H17FN2O3S/c1-8-6-12(10(3)20-8)9(2)17-21(18,19)14-5-4-11(15)7-13(14)16/h4-7,9,17H,16H2,1-3H3. The van der Waals surface area contributed by atoms with Crippen LogP contribution in [0.1, 0.15) is 30.0 Å². The van der Waals surface area contributed by atoms with Gasteiger partial charge in [-0.25, -0.2) is 17.5 Å². The topological polar surface area (TPSA) is 85.3 Å². The van der Waals surface area contributed by atoms with Crippen molar-refractivity contribution in [1.29, 1.82) is 0 Å². The fraction of sp³-hybridized carbons (Fsp3) is 0.286. The first kappa shape index (κ1) is 15.5. The highest BCUT2D eigenvalue weighted by Crippen LogP contribution is 2.25. The Hall–Kier alpha value is -1.86. The molecule has 0 fully saturated rings. The molecule has 0 aliphatic rings. The van der Waals surface area contributed by atoms with Crippen LogP contribution < -0.4 is 10.5 Å². The van der Waals surface area contributed by atoms with E-state index in [0.29, 0.717) is 11.5 Å². The second kappa shape index (κ2) is 5.50. The average molecular weight is 312 g/mol. The first-order valence-corrected chi connectivity index (χ1v) is 7.83. The van der Waals surface area contributed by atoms with Crippen LogP contribution in [0.5, 0.6) is 0 Å². The minimum atomic E-state index is -3.85. The van der Waals surface area contributed by atoms with Crippen LogP contribution in [0.3, 0.4) is 0 Å². The largest absolute Gasteiger partial charge is 0.466 e. The van der Waals surface area contributed by atoms with Crippen molar-refractivity contribution < 1.29 is 17.2 Å². The smallest absolute Gasteiger partial charge is 0.243 e. The number of furan rings is 1. The molecule has 0 aliphatic carbocycles. The molecule has 0 saturated carbocycles. The summed E-state index contributed by atoms with van der Waals surface area (Å²) < 4.78 is 45.6. The molecule has 2 aromatic rings. The fourth-order valence-electron chi connectivity index (χ4n) is 2.20. The molecule has 0 bridgehead atoms. The van der Waals surface area contributed by atoms with Gasteiger partial charge in [-0.1, -0.05) is 0 Å². The predicted molar refractivity (Wildman–Crippen MR) is 77.7 cm³/mol. The number of rotatable bonds is 4. The number of nitrogen functional groups attached to an aromatic ring is 1. The summed E-state index contributed by atoms with van der Waals surface area (Å²) in [6.07, 6.45) is 0. The van der Waals surface area contributed by atoms with Crippen LogP contribution in [0, 0.1) is 19.7 Å². The molecule has 0 radical (unpaired) electrons. The highest BCUT2D eigenvalue weighted by Gasteiger charge is 2.23. The fourth-order valence-corrected chi connectivity index (χ4v) is 3.54. The van der Waals surface area contributed by atoms with Crippen LogP contribution in [-0.4, -0.2) is 8.42 Å². The van der Waals surface area contributed by atoms with Crippen molar-refractivity contribution in [2.45, 2.75) is 31.7 Å². The highest BCUT2D eigenvalue weighted by molar-refractivity contribution is 7.89. The predicted octanol–water partition coefficient (Wildman–Crippen LogP) is 2.66. The van der Waals surface area contributed by atoms with Crippen LogP contribution in [0.15, 0.2) is 33.6 Å². The zero-order chi connectivity index (χ0) is 15.8. The molecule has 3 N–H and O–H groups in total. The first-order valence-electron chi connectivity index (χ1n) is 6.35. The maximum Gasteiger partial charge on any atom is 0.243 e. The zero-order valence-electron chi connectivity index (χ0n) is 12.0. The van der Waals surface area contributed by atoms with E-state index in [2.05, 4.69) is 4.72 Å². The molecule has 21 heavy (non-hydrogen) atoms. The molecule has 7 heteroatoms. The molecule has 0 spiro atoms. The summed E-state index contributed by atoms with van der Waals surface area (Å²) in [6, 6.07) is 4.47. The summed E-state index contributed by atoms with van der Waals surface area (Å²) in [5, 5.41) is 0. The van der Waals surface area contributed by atoms with Gasteiger partial charge in [-0.05, 0) is 45.0 Å². The van der Waals surface area contributed by atoms with Gasteiger partial charge in [0.15, 0.2) is 0 Å². The molecule has 5 nitrogen and oxygen atoms in total. The summed E-state index contributed by atoms with van der Waals surface area (Å²) in [5.74, 6) is 0.769. The zero-order valence-corrected chi connectivity index (χ0v) is 12.8. The maximum atomic E-state index is 13.0. The van der Waals surface area contributed by atoms with E-state index in [1.165, 1.54) is 0 Å². The number of hydrogen-bond acceptors (Lipinski definition) is 4. The van der Waals surface area contributed by atoms with Gasteiger partial charge in [-0.3, -0.25) is 0 Å². The Bertz CT molecular complexity index is 769. The van der Waals surface area contributed by atoms with Gasteiger partial charge in [0, 0.05) is 11.6 Å². The number of nitrogens with two attached hydrogens (primary N) is 1. The average Bonchev–Trinajstić information content (AvgIpc) is 2.67. The monoisotopic (exact) mass is 312 g/mol. The van der Waals surface area contributed by atoms with Gasteiger partial charge >= 0.3 is 0 Å². The molecule has 0 amide bonds. The summed E-state index contributed by atoms with van der Waals surface area (Å²) in [7, 11) is -3.85. The molecule has 114 valence electrons. The van der Waals surface area contributed by atoms with E-state index >= 15 is 0 Å². The van der Waals surface area contributed by atoms with E-state index in [9.17, 15) is 12.8 Å². The summed E-state index contributed by atoms with van der Waals surface area (Å²) in [4.78, 5) is -0.145. The minimum absolute atomic E-state index is 0.130. The Labute approximate surface area is 123 Å². The number of nitrogens with one attached hydrogen (secondary N) is 1.